The van der Waals surface area contributed by atoms with Gasteiger partial charge >= 0.3 is 11.9 Å². The van der Waals surface area contributed by atoms with Gasteiger partial charge < -0.3 is 33.3 Å². The minimum absolute atomic E-state index is 0.152. The van der Waals surface area contributed by atoms with Gasteiger partial charge in [-0.1, -0.05) is 277 Å². The molecule has 0 radical (unpaired) electrons. The number of esters is 2. The van der Waals surface area contributed by atoms with Crippen LogP contribution in [0.4, 0.5) is 0 Å². The molecule has 0 N–H and O–H groups in total. The summed E-state index contributed by atoms with van der Waals surface area (Å²) in [5.41, 5.74) is 0. The Kier molecular flexibility index (Phi) is 50.3. The fourth-order valence-electron chi connectivity index (χ4n) is 9.01. The monoisotopic (exact) mass is 966 g/mol. The van der Waals surface area contributed by atoms with Gasteiger partial charge in [-0.25, -0.2) is 0 Å². The molecular weight excluding hydrogens is 851 g/mol. The van der Waals surface area contributed by atoms with Crippen LogP contribution in [0, 0.1) is 0 Å². The van der Waals surface area contributed by atoms with Crippen molar-refractivity contribution in [2.45, 2.75) is 315 Å². The fourth-order valence-corrected chi connectivity index (χ4v) is 9.01. The lowest BCUT2D eigenvalue weighted by Crippen LogP contribution is -2.44. The second kappa shape index (κ2) is 51.6. The van der Waals surface area contributed by atoms with E-state index in [2.05, 4.69) is 13.8 Å². The molecule has 2 atom stereocenters. The predicted octanol–water partition coefficient (Wildman–Crippen LogP) is 15.9. The van der Waals surface area contributed by atoms with E-state index >= 15 is 0 Å². The molecule has 0 aromatic rings. The first kappa shape index (κ1) is 66.3. The van der Waals surface area contributed by atoms with Crippen molar-refractivity contribution in [3.05, 3.63) is 0 Å². The van der Waals surface area contributed by atoms with Crippen LogP contribution in [0.5, 0.6) is 0 Å². The fraction of sp³-hybridized carbons (Fsp3) is 0.949. The number of likely N-dealkylation sites (N-methyl/N-ethyl adjacent to an activating group) is 1. The Morgan fingerprint density at radius 2 is 0.662 bits per heavy atom. The minimum Gasteiger partial charge on any atom is -0.545 e. The van der Waals surface area contributed by atoms with Gasteiger partial charge in [-0.3, -0.25) is 9.59 Å². The topological polar surface area (TPSA) is 111 Å². The van der Waals surface area contributed by atoms with Gasteiger partial charge in [0.05, 0.1) is 40.3 Å². The van der Waals surface area contributed by atoms with Crippen LogP contribution in [0.25, 0.3) is 0 Å². The molecule has 0 saturated carbocycles. The summed E-state index contributed by atoms with van der Waals surface area (Å²) in [5.74, 6) is -2.28. The molecule has 404 valence electrons. The molecule has 0 aromatic carbocycles. The first-order valence-electron chi connectivity index (χ1n) is 29.7. The van der Waals surface area contributed by atoms with Crippen molar-refractivity contribution < 1.29 is 42.9 Å². The Labute approximate surface area is 422 Å². The van der Waals surface area contributed by atoms with Gasteiger partial charge in [0.25, 0.3) is 0 Å². The van der Waals surface area contributed by atoms with E-state index in [4.69, 9.17) is 18.9 Å². The molecule has 0 saturated heterocycles. The van der Waals surface area contributed by atoms with E-state index < -0.39 is 24.3 Å². The first-order valence-corrected chi connectivity index (χ1v) is 29.7. The summed E-state index contributed by atoms with van der Waals surface area (Å²) in [6, 6.07) is 0. The van der Waals surface area contributed by atoms with Crippen molar-refractivity contribution in [2.75, 3.05) is 47.5 Å². The lowest BCUT2D eigenvalue weighted by atomic mass is 10.0. The quantitative estimate of drug-likeness (QED) is 0.0256. The number of carboxylic acids is 1. The summed E-state index contributed by atoms with van der Waals surface area (Å²) in [5, 5.41) is 11.7. The third kappa shape index (κ3) is 52.1. The van der Waals surface area contributed by atoms with Crippen molar-refractivity contribution in [3.8, 4) is 0 Å². The molecule has 0 amide bonds. The van der Waals surface area contributed by atoms with Gasteiger partial charge in [0.1, 0.15) is 13.2 Å². The number of hydrogen-bond donors (Lipinski definition) is 0. The number of hydrogen-bond acceptors (Lipinski definition) is 8. The zero-order valence-corrected chi connectivity index (χ0v) is 46.0. The van der Waals surface area contributed by atoms with Crippen LogP contribution in [0.1, 0.15) is 303 Å². The Bertz CT molecular complexity index is 1080. The smallest absolute Gasteiger partial charge is 0.306 e. The summed E-state index contributed by atoms with van der Waals surface area (Å²) in [6.07, 6.45) is 55.5. The number of carboxylic acid groups (broad SMARTS) is 1. The highest BCUT2D eigenvalue weighted by Gasteiger charge is 2.22. The molecule has 9 heteroatoms. The highest BCUT2D eigenvalue weighted by atomic mass is 16.7. The van der Waals surface area contributed by atoms with Gasteiger partial charge in [-0.05, 0) is 12.8 Å². The third-order valence-corrected chi connectivity index (χ3v) is 13.6. The van der Waals surface area contributed by atoms with E-state index in [9.17, 15) is 19.5 Å². The second-order valence-corrected chi connectivity index (χ2v) is 21.7. The highest BCUT2D eigenvalue weighted by molar-refractivity contribution is 5.70. The maximum atomic E-state index is 12.7. The number of rotatable bonds is 56. The summed E-state index contributed by atoms with van der Waals surface area (Å²) < 4.78 is 22.5. The van der Waals surface area contributed by atoms with E-state index in [1.165, 1.54) is 225 Å². The van der Waals surface area contributed by atoms with Gasteiger partial charge in [-0.15, -0.1) is 0 Å². The predicted molar refractivity (Wildman–Crippen MR) is 284 cm³/mol. The second-order valence-electron chi connectivity index (χ2n) is 21.7. The molecule has 0 aliphatic carbocycles. The van der Waals surface area contributed by atoms with Gasteiger partial charge in [0.2, 0.25) is 0 Å². The molecule has 0 aromatic heterocycles. The Balaban J connectivity index is 3.72. The Morgan fingerprint density at radius 3 is 0.941 bits per heavy atom. The average molecular weight is 967 g/mol. The number of unbranched alkanes of at least 4 members (excludes halogenated alkanes) is 41. The molecule has 9 nitrogen and oxygen atoms in total. The van der Waals surface area contributed by atoms with Crippen LogP contribution in [0.2, 0.25) is 0 Å². The molecule has 0 heterocycles. The molecule has 0 aliphatic heterocycles. The van der Waals surface area contributed by atoms with Crippen LogP contribution >= 0.6 is 0 Å². The van der Waals surface area contributed by atoms with Crippen molar-refractivity contribution in [1.29, 1.82) is 0 Å². The number of carbonyl (C=O) groups excluding carboxylic acids is 3. The molecule has 0 spiro atoms. The molecule has 0 rings (SSSR count). The lowest BCUT2D eigenvalue weighted by Gasteiger charge is -2.26. The number of quaternary nitrogens is 1. The number of nitrogens with zero attached hydrogens (tertiary/aromatic N) is 1. The van der Waals surface area contributed by atoms with Crippen LogP contribution < -0.4 is 5.11 Å². The summed E-state index contributed by atoms with van der Waals surface area (Å²) in [6.45, 7) is 4.69. The SMILES string of the molecule is CCCCCCCCCCCCCCCCCCCCCCCCCCCCCCCCCCCCCCCCC(=O)OC(COC(=O)CCCCCCC)COC(OCC[N+](C)(C)C)C(=O)[O-]. The molecule has 0 aliphatic rings. The van der Waals surface area contributed by atoms with Gasteiger partial charge in [-0.2, -0.15) is 0 Å². The van der Waals surface area contributed by atoms with E-state index in [-0.39, 0.29) is 32.2 Å². The molecule has 68 heavy (non-hydrogen) atoms. The largest absolute Gasteiger partial charge is 0.545 e. The molecular formula is C59H115NO8. The zero-order chi connectivity index (χ0) is 49.9. The van der Waals surface area contributed by atoms with Crippen molar-refractivity contribution in [2.24, 2.45) is 0 Å². The average Bonchev–Trinajstić information content (AvgIpc) is 3.30. The van der Waals surface area contributed by atoms with Crippen LogP contribution in [0.15, 0.2) is 0 Å². The maximum Gasteiger partial charge on any atom is 0.306 e. The third-order valence-electron chi connectivity index (χ3n) is 13.6. The van der Waals surface area contributed by atoms with E-state index in [1.54, 1.807) is 0 Å². The van der Waals surface area contributed by atoms with Crippen molar-refractivity contribution >= 4 is 17.9 Å². The van der Waals surface area contributed by atoms with E-state index in [1.807, 2.05) is 21.1 Å². The zero-order valence-electron chi connectivity index (χ0n) is 46.0. The Morgan fingerprint density at radius 1 is 0.382 bits per heavy atom. The van der Waals surface area contributed by atoms with Crippen molar-refractivity contribution in [3.63, 3.8) is 0 Å². The van der Waals surface area contributed by atoms with Crippen LogP contribution in [-0.2, 0) is 33.3 Å². The molecule has 0 fully saturated rings. The summed E-state index contributed by atoms with van der Waals surface area (Å²) in [7, 11) is 5.91. The maximum absolute atomic E-state index is 12.7. The summed E-state index contributed by atoms with van der Waals surface area (Å²) in [4.78, 5) is 36.8. The van der Waals surface area contributed by atoms with Crippen LogP contribution in [0.3, 0.4) is 0 Å². The van der Waals surface area contributed by atoms with E-state index in [0.717, 1.165) is 51.4 Å². The Hall–Kier alpha value is -1.71. The normalized spacial score (nSPS) is 12.7. The standard InChI is InChI=1S/C59H115NO8/c1-6-8-10-12-13-14-15-16-17-18-19-20-21-22-23-24-25-26-27-28-29-30-31-32-33-34-35-36-37-38-39-40-41-42-43-44-46-48-50-57(62)68-55(53-66-56(61)49-47-45-11-9-7-2)54-67-59(58(63)64)65-52-51-60(3,4)5/h55,59H,6-54H2,1-5H3. The lowest BCUT2D eigenvalue weighted by molar-refractivity contribution is -0.870. The highest BCUT2D eigenvalue weighted by Crippen LogP contribution is 2.18. The molecule has 2 unspecified atom stereocenters. The summed E-state index contributed by atoms with van der Waals surface area (Å²) >= 11 is 0. The van der Waals surface area contributed by atoms with Gasteiger partial charge in [0.15, 0.2) is 12.4 Å². The number of ether oxygens (including phenoxy) is 4. The van der Waals surface area contributed by atoms with E-state index in [0.29, 0.717) is 17.4 Å². The number of aliphatic carboxylic acids is 1. The first-order chi connectivity index (χ1) is 33.1. The number of carbonyl (C=O) groups is 3. The van der Waals surface area contributed by atoms with Gasteiger partial charge in [0, 0.05) is 12.8 Å². The van der Waals surface area contributed by atoms with Crippen LogP contribution in [-0.4, -0.2) is 82.3 Å². The molecule has 0 bridgehead atoms. The van der Waals surface area contributed by atoms with Crippen molar-refractivity contribution in [1.82, 2.24) is 0 Å². The minimum atomic E-state index is -1.61.